The molecule has 0 bridgehead atoms. The second-order valence-electron chi connectivity index (χ2n) is 17.6. The van der Waals surface area contributed by atoms with Gasteiger partial charge in [0.05, 0.1) is 5.56 Å². The number of rotatable bonds is 4. The lowest BCUT2D eigenvalue weighted by Gasteiger charge is -2.23. The molecular weight excluding hydrogens is 927 g/mol. The van der Waals surface area contributed by atoms with E-state index in [-0.39, 0.29) is 28.9 Å². The van der Waals surface area contributed by atoms with Crippen LogP contribution in [0.2, 0.25) is 10.0 Å². The van der Waals surface area contributed by atoms with Gasteiger partial charge in [0, 0.05) is 84.9 Å². The molecule has 6 amide bonds. The number of urea groups is 2. The molecule has 0 aliphatic carbocycles. The molecule has 2 aliphatic heterocycles. The van der Waals surface area contributed by atoms with Crippen molar-refractivity contribution in [3.63, 3.8) is 0 Å². The predicted molar refractivity (Wildman–Crippen MR) is 270 cm³/mol. The van der Waals surface area contributed by atoms with Crippen LogP contribution in [0.15, 0.2) is 140 Å². The number of benzene rings is 6. The second-order valence-corrected chi connectivity index (χ2v) is 18.5. The van der Waals surface area contributed by atoms with Crippen LogP contribution in [0.5, 0.6) is 0 Å². The Morgan fingerprint density at radius 3 is 1.30 bits per heavy atom. The fourth-order valence-electron chi connectivity index (χ4n) is 7.59. The van der Waals surface area contributed by atoms with Crippen LogP contribution >= 0.6 is 23.2 Å². The van der Waals surface area contributed by atoms with Crippen molar-refractivity contribution in [2.45, 2.75) is 45.2 Å². The van der Waals surface area contributed by atoms with E-state index >= 15 is 0 Å². The van der Waals surface area contributed by atoms with E-state index < -0.39 is 17.8 Å². The Balaban J connectivity index is 0.000000186. The normalized spacial score (nSPS) is 14.3. The monoisotopic (exact) mass is 980 g/mol. The Morgan fingerprint density at radius 2 is 0.884 bits per heavy atom. The summed E-state index contributed by atoms with van der Waals surface area (Å²) in [5.41, 5.74) is 10.7. The van der Waals surface area contributed by atoms with E-state index in [0.29, 0.717) is 85.6 Å². The maximum atomic E-state index is 12.7. The molecule has 0 radical (unpaired) electrons. The minimum atomic E-state index is -4.42. The minimum Gasteiger partial charge on any atom is -0.699 e. The van der Waals surface area contributed by atoms with Gasteiger partial charge < -0.3 is 36.0 Å². The standard InChI is InChI=1S/C23H28ClN3O2.C20H19ClF3N3O2.C10H8N/c1-23(2,3)18-7-11-20(12-8-18)25-22(29)27-14-4-13-26(15-16-27)21(28)17-5-9-19(24)10-6-17;21-16-6-2-14(3-7-16)18(28)26-10-1-11-27(13-12-26)19(29)25-17-8-4-15(5-9-17)20(22,23)24;11-10-6-5-8-3-1-2-4-9(8)7-10/h5-12H,4,13-16H2,1-3H3,(H,25,29);2-9H,1,10-13H2,(H,25,29);1-7,11H/q;;-1. The molecule has 2 heterocycles. The molecule has 8 rings (SSSR count). The number of nitrogens with one attached hydrogen (secondary N) is 3. The topological polar surface area (TPSA) is 129 Å². The van der Waals surface area contributed by atoms with Crippen LogP contribution in [-0.2, 0) is 11.6 Å². The summed E-state index contributed by atoms with van der Waals surface area (Å²) in [7, 11) is 0. The number of anilines is 2. The Hall–Kier alpha value is -6.77. The summed E-state index contributed by atoms with van der Waals surface area (Å²) >= 11 is 11.8. The first-order valence-electron chi connectivity index (χ1n) is 22.5. The lowest BCUT2D eigenvalue weighted by atomic mass is 9.87. The van der Waals surface area contributed by atoms with Crippen molar-refractivity contribution in [1.29, 1.82) is 0 Å². The van der Waals surface area contributed by atoms with Crippen LogP contribution in [0.1, 0.15) is 65.5 Å². The van der Waals surface area contributed by atoms with Crippen LogP contribution in [0, 0.1) is 0 Å². The van der Waals surface area contributed by atoms with Gasteiger partial charge in [0.1, 0.15) is 0 Å². The third-order valence-corrected chi connectivity index (χ3v) is 12.0. The fourth-order valence-corrected chi connectivity index (χ4v) is 7.84. The summed E-state index contributed by atoms with van der Waals surface area (Å²) in [5.74, 6) is -0.159. The molecule has 0 atom stereocenters. The lowest BCUT2D eigenvalue weighted by Crippen LogP contribution is -2.39. The highest BCUT2D eigenvalue weighted by molar-refractivity contribution is 6.31. The average molecular weight is 982 g/mol. The van der Waals surface area contributed by atoms with E-state index in [4.69, 9.17) is 28.9 Å². The first-order chi connectivity index (χ1) is 32.8. The van der Waals surface area contributed by atoms with Crippen molar-refractivity contribution in [1.82, 2.24) is 19.6 Å². The molecule has 16 heteroatoms. The van der Waals surface area contributed by atoms with Crippen LogP contribution in [-0.4, -0.2) is 95.8 Å². The molecule has 6 aromatic carbocycles. The molecule has 0 aromatic heterocycles. The maximum Gasteiger partial charge on any atom is 0.416 e. The van der Waals surface area contributed by atoms with Crippen molar-refractivity contribution in [3.8, 4) is 0 Å². The number of carbonyl (C=O) groups is 4. The van der Waals surface area contributed by atoms with Crippen LogP contribution in [0.3, 0.4) is 0 Å². The van der Waals surface area contributed by atoms with Gasteiger partial charge in [-0.05, 0) is 120 Å². The van der Waals surface area contributed by atoms with E-state index in [1.807, 2.05) is 60.7 Å². The van der Waals surface area contributed by atoms with Crippen LogP contribution in [0.4, 0.5) is 39.8 Å². The number of nitrogens with zero attached hydrogens (tertiary/aromatic N) is 4. The maximum absolute atomic E-state index is 12.7. The van der Waals surface area contributed by atoms with E-state index in [9.17, 15) is 32.3 Å². The van der Waals surface area contributed by atoms with Crippen molar-refractivity contribution < 1.29 is 32.3 Å². The van der Waals surface area contributed by atoms with E-state index in [1.165, 1.54) is 23.1 Å². The van der Waals surface area contributed by atoms with Crippen molar-refractivity contribution in [3.05, 3.63) is 178 Å². The zero-order valence-corrected chi connectivity index (χ0v) is 40.2. The highest BCUT2D eigenvalue weighted by atomic mass is 35.5. The van der Waals surface area contributed by atoms with Crippen molar-refractivity contribution >= 4 is 74.9 Å². The number of alkyl halides is 3. The fraction of sp³-hybridized carbons (Fsp3) is 0.283. The lowest BCUT2D eigenvalue weighted by molar-refractivity contribution is -0.137. The average Bonchev–Trinajstić information content (AvgIpc) is 3.74. The van der Waals surface area contributed by atoms with Gasteiger partial charge in [-0.1, -0.05) is 98.6 Å². The summed E-state index contributed by atoms with van der Waals surface area (Å²) in [4.78, 5) is 57.3. The third-order valence-electron chi connectivity index (χ3n) is 11.5. The molecule has 0 unspecified atom stereocenters. The first kappa shape index (κ1) is 51.6. The molecule has 0 spiro atoms. The number of amides is 6. The Kier molecular flexibility index (Phi) is 17.6. The van der Waals surface area contributed by atoms with Gasteiger partial charge >= 0.3 is 18.2 Å². The summed E-state index contributed by atoms with van der Waals surface area (Å²) in [6.45, 7) is 10.4. The Labute approximate surface area is 411 Å². The number of hydrogen-bond acceptors (Lipinski definition) is 4. The molecule has 3 N–H and O–H groups in total. The number of hydrogen-bond donors (Lipinski definition) is 2. The van der Waals surface area contributed by atoms with E-state index in [2.05, 4.69) is 37.5 Å². The molecule has 6 aromatic rings. The van der Waals surface area contributed by atoms with Crippen LogP contribution < -0.4 is 10.6 Å². The molecule has 2 aliphatic rings. The number of carbonyl (C=O) groups excluding carboxylic acids is 4. The predicted octanol–water partition coefficient (Wildman–Crippen LogP) is 13.3. The molecule has 362 valence electrons. The molecule has 11 nitrogen and oxygen atoms in total. The minimum absolute atomic E-state index is 0.0262. The number of fused-ring (bicyclic) bond motifs is 1. The summed E-state index contributed by atoms with van der Waals surface area (Å²) < 4.78 is 37.9. The zero-order valence-electron chi connectivity index (χ0n) is 38.7. The smallest absolute Gasteiger partial charge is 0.416 e. The second kappa shape index (κ2) is 23.5. The largest absolute Gasteiger partial charge is 0.699 e. The number of halogens is 5. The summed E-state index contributed by atoms with van der Waals surface area (Å²) in [5, 5.41) is 9.06. The Morgan fingerprint density at radius 1 is 0.493 bits per heavy atom. The van der Waals surface area contributed by atoms with Gasteiger partial charge in [0.15, 0.2) is 0 Å². The van der Waals surface area contributed by atoms with Gasteiger partial charge in [-0.15, -0.1) is 5.69 Å². The van der Waals surface area contributed by atoms with Crippen LogP contribution in [0.25, 0.3) is 16.5 Å². The van der Waals surface area contributed by atoms with Gasteiger partial charge in [-0.25, -0.2) is 9.59 Å². The van der Waals surface area contributed by atoms with E-state index in [1.54, 1.807) is 68.1 Å². The molecule has 69 heavy (non-hydrogen) atoms. The quantitative estimate of drug-likeness (QED) is 0.182. The highest BCUT2D eigenvalue weighted by Gasteiger charge is 2.30. The molecule has 2 fully saturated rings. The Bertz CT molecular complexity index is 2530. The van der Waals surface area contributed by atoms with Crippen molar-refractivity contribution in [2.75, 3.05) is 63.0 Å². The van der Waals surface area contributed by atoms with Gasteiger partial charge in [0.2, 0.25) is 0 Å². The molecule has 0 saturated carbocycles. The van der Waals surface area contributed by atoms with Gasteiger partial charge in [0.25, 0.3) is 11.8 Å². The van der Waals surface area contributed by atoms with Gasteiger partial charge in [-0.2, -0.15) is 13.2 Å². The molecule has 2 saturated heterocycles. The highest BCUT2D eigenvalue weighted by Crippen LogP contribution is 2.30. The van der Waals surface area contributed by atoms with E-state index in [0.717, 1.165) is 29.6 Å². The SMILES string of the molecule is CC(C)(C)c1ccc(NC(=O)N2CCCN(C(=O)c3ccc(Cl)cc3)CC2)cc1.O=C(Nc1ccc(C(F)(F)F)cc1)N1CCCN(C(=O)c2ccc(Cl)cc2)CC1.[NH-]c1ccc2ccccc2c1. The zero-order chi connectivity index (χ0) is 49.7. The summed E-state index contributed by atoms with van der Waals surface area (Å²) in [6.07, 6.45) is -3.08. The molecular formula is C53H55Cl2F3N7O4-. The van der Waals surface area contributed by atoms with Gasteiger partial charge in [-0.3, -0.25) is 9.59 Å². The van der Waals surface area contributed by atoms with Crippen molar-refractivity contribution in [2.24, 2.45) is 0 Å². The third kappa shape index (κ3) is 15.1. The first-order valence-corrected chi connectivity index (χ1v) is 23.3. The summed E-state index contributed by atoms with van der Waals surface area (Å²) in [6, 6.07) is 38.9.